The third-order valence-corrected chi connectivity index (χ3v) is 5.34. The molecule has 0 saturated carbocycles. The number of hydrogen-bond donors (Lipinski definition) is 1. The van der Waals surface area contributed by atoms with Crippen molar-refractivity contribution in [1.82, 2.24) is 9.88 Å². The van der Waals surface area contributed by atoms with Crippen LogP contribution in [0.2, 0.25) is 0 Å². The average Bonchev–Trinajstić information content (AvgIpc) is 3.17. The van der Waals surface area contributed by atoms with E-state index in [4.69, 9.17) is 0 Å². The van der Waals surface area contributed by atoms with Crippen LogP contribution in [0.1, 0.15) is 34.5 Å². The Morgan fingerprint density at radius 3 is 2.50 bits per heavy atom. The summed E-state index contributed by atoms with van der Waals surface area (Å²) in [7, 11) is 0. The molecule has 1 aromatic heterocycles. The van der Waals surface area contributed by atoms with Crippen molar-refractivity contribution in [3.05, 3.63) is 111 Å². The predicted molar refractivity (Wildman–Crippen MR) is 116 cm³/mol. The molecule has 1 N–H and O–H groups in total. The fraction of sp³-hybridized carbons (Fsp3) is 0.125. The predicted octanol–water partition coefficient (Wildman–Crippen LogP) is 5.37. The normalized spacial score (nSPS) is 12.0. The van der Waals surface area contributed by atoms with E-state index < -0.39 is 16.6 Å². The molecule has 0 fully saturated rings. The van der Waals surface area contributed by atoms with E-state index in [0.717, 1.165) is 22.5 Å². The second kappa shape index (κ2) is 8.58. The van der Waals surface area contributed by atoms with Gasteiger partial charge in [0.1, 0.15) is 11.6 Å². The second-order valence-corrected chi connectivity index (χ2v) is 7.50. The molecule has 0 bridgehead atoms. The lowest BCUT2D eigenvalue weighted by Crippen LogP contribution is -2.26. The van der Waals surface area contributed by atoms with Crippen LogP contribution in [-0.2, 0) is 6.54 Å². The van der Waals surface area contributed by atoms with E-state index in [1.807, 2.05) is 10.6 Å². The first-order valence-electron chi connectivity index (χ1n) is 9.90. The molecule has 1 amide bonds. The highest BCUT2D eigenvalue weighted by Gasteiger charge is 2.14. The second-order valence-electron chi connectivity index (χ2n) is 7.50. The first-order chi connectivity index (χ1) is 15.3. The van der Waals surface area contributed by atoms with Gasteiger partial charge in [-0.25, -0.2) is 8.78 Å². The molecule has 0 radical (unpaired) electrons. The van der Waals surface area contributed by atoms with Crippen molar-refractivity contribution < 1.29 is 18.5 Å². The fourth-order valence-corrected chi connectivity index (χ4v) is 3.56. The summed E-state index contributed by atoms with van der Waals surface area (Å²) in [6.45, 7) is 2.03. The van der Waals surface area contributed by atoms with Crippen molar-refractivity contribution in [1.29, 1.82) is 0 Å². The SMILES string of the molecule is C[C@H](NC(=O)c1ccc2c(ccn2Cc2ccc(F)cc2F)c1)c1ccc([N+](=O)[O-])cc1. The number of aromatic nitrogens is 1. The number of carbonyl (C=O) groups excluding carboxylic acids is 1. The van der Waals surface area contributed by atoms with Crippen LogP contribution in [0, 0.1) is 21.7 Å². The molecule has 8 heteroatoms. The molecule has 162 valence electrons. The zero-order chi connectivity index (χ0) is 22.8. The highest BCUT2D eigenvalue weighted by molar-refractivity contribution is 5.98. The van der Waals surface area contributed by atoms with Crippen molar-refractivity contribution >= 4 is 22.5 Å². The summed E-state index contributed by atoms with van der Waals surface area (Å²) in [5.74, 6) is -1.51. The van der Waals surface area contributed by atoms with E-state index in [1.54, 1.807) is 43.5 Å². The van der Waals surface area contributed by atoms with Gasteiger partial charge in [-0.1, -0.05) is 18.2 Å². The number of benzene rings is 3. The van der Waals surface area contributed by atoms with Gasteiger partial charge in [0.2, 0.25) is 0 Å². The summed E-state index contributed by atoms with van der Waals surface area (Å²) >= 11 is 0. The van der Waals surface area contributed by atoms with E-state index in [2.05, 4.69) is 5.32 Å². The van der Waals surface area contributed by atoms with E-state index in [-0.39, 0.29) is 24.2 Å². The van der Waals surface area contributed by atoms with Crippen molar-refractivity contribution in [3.63, 3.8) is 0 Å². The number of fused-ring (bicyclic) bond motifs is 1. The van der Waals surface area contributed by atoms with Crippen LogP contribution in [0.5, 0.6) is 0 Å². The standard InChI is InChI=1S/C24H19F2N3O3/c1-15(16-3-7-21(8-4-16)29(31)32)27-24(30)18-5-9-23-17(12-18)10-11-28(23)14-19-2-6-20(25)13-22(19)26/h2-13,15H,14H2,1H3,(H,27,30)/t15-/m0/s1. The van der Waals surface area contributed by atoms with Gasteiger partial charge in [0.15, 0.2) is 0 Å². The zero-order valence-electron chi connectivity index (χ0n) is 17.1. The molecule has 4 rings (SSSR count). The van der Waals surface area contributed by atoms with Crippen molar-refractivity contribution in [2.24, 2.45) is 0 Å². The van der Waals surface area contributed by atoms with Crippen LogP contribution in [-0.4, -0.2) is 15.4 Å². The number of nitrogens with one attached hydrogen (secondary N) is 1. The van der Waals surface area contributed by atoms with Gasteiger partial charge in [0.05, 0.1) is 17.5 Å². The van der Waals surface area contributed by atoms with Crippen molar-refractivity contribution in [2.45, 2.75) is 19.5 Å². The minimum Gasteiger partial charge on any atom is -0.346 e. The van der Waals surface area contributed by atoms with Crippen molar-refractivity contribution in [3.8, 4) is 0 Å². The Labute approximate surface area is 182 Å². The Morgan fingerprint density at radius 2 is 1.81 bits per heavy atom. The molecule has 4 aromatic rings. The topological polar surface area (TPSA) is 77.2 Å². The number of halogens is 2. The van der Waals surface area contributed by atoms with Crippen molar-refractivity contribution in [2.75, 3.05) is 0 Å². The Bertz CT molecular complexity index is 1320. The number of rotatable bonds is 6. The van der Waals surface area contributed by atoms with E-state index in [0.29, 0.717) is 11.1 Å². The molecule has 3 aromatic carbocycles. The largest absolute Gasteiger partial charge is 0.346 e. The maximum Gasteiger partial charge on any atom is 0.269 e. The van der Waals surface area contributed by atoms with Gasteiger partial charge in [-0.15, -0.1) is 0 Å². The molecular formula is C24H19F2N3O3. The van der Waals surface area contributed by atoms with Gasteiger partial charge in [0, 0.05) is 46.4 Å². The quantitative estimate of drug-likeness (QED) is 0.327. The van der Waals surface area contributed by atoms with Gasteiger partial charge in [-0.2, -0.15) is 0 Å². The molecule has 0 saturated heterocycles. The van der Waals surface area contributed by atoms with Gasteiger partial charge in [-0.3, -0.25) is 14.9 Å². The number of hydrogen-bond acceptors (Lipinski definition) is 3. The van der Waals surface area contributed by atoms with E-state index in [1.165, 1.54) is 24.3 Å². The Hall–Kier alpha value is -4.07. The summed E-state index contributed by atoms with van der Waals surface area (Å²) in [6.07, 6.45) is 1.79. The lowest BCUT2D eigenvalue weighted by molar-refractivity contribution is -0.384. The summed E-state index contributed by atoms with van der Waals surface area (Å²) in [4.78, 5) is 23.0. The number of carbonyl (C=O) groups is 1. The maximum atomic E-state index is 14.0. The lowest BCUT2D eigenvalue weighted by atomic mass is 10.1. The number of amides is 1. The molecule has 0 aliphatic heterocycles. The van der Waals surface area contributed by atoms with Gasteiger partial charge < -0.3 is 9.88 Å². The lowest BCUT2D eigenvalue weighted by Gasteiger charge is -2.14. The van der Waals surface area contributed by atoms with Gasteiger partial charge in [0.25, 0.3) is 11.6 Å². The van der Waals surface area contributed by atoms with Crippen LogP contribution < -0.4 is 5.32 Å². The third kappa shape index (κ3) is 4.34. The maximum absolute atomic E-state index is 14.0. The van der Waals surface area contributed by atoms with Gasteiger partial charge in [-0.05, 0) is 42.8 Å². The number of nitrogens with zero attached hydrogens (tertiary/aromatic N) is 2. The van der Waals surface area contributed by atoms with Crippen LogP contribution in [0.25, 0.3) is 10.9 Å². The third-order valence-electron chi connectivity index (χ3n) is 5.34. The minimum absolute atomic E-state index is 0.0113. The number of nitro benzene ring substituents is 1. The molecule has 0 aliphatic carbocycles. The first-order valence-corrected chi connectivity index (χ1v) is 9.90. The fourth-order valence-electron chi connectivity index (χ4n) is 3.56. The zero-order valence-corrected chi connectivity index (χ0v) is 17.1. The molecule has 32 heavy (non-hydrogen) atoms. The molecule has 6 nitrogen and oxygen atoms in total. The van der Waals surface area contributed by atoms with Gasteiger partial charge >= 0.3 is 0 Å². The highest BCUT2D eigenvalue weighted by Crippen LogP contribution is 2.22. The van der Waals surface area contributed by atoms with E-state index in [9.17, 15) is 23.7 Å². The summed E-state index contributed by atoms with van der Waals surface area (Å²) in [5, 5.41) is 14.5. The molecule has 1 heterocycles. The first kappa shape index (κ1) is 21.2. The summed E-state index contributed by atoms with van der Waals surface area (Å²) in [6, 6.07) is 16.2. The Kier molecular flexibility index (Phi) is 5.68. The highest BCUT2D eigenvalue weighted by atomic mass is 19.1. The van der Waals surface area contributed by atoms with Crippen LogP contribution >= 0.6 is 0 Å². The monoisotopic (exact) mass is 435 g/mol. The molecular weight excluding hydrogens is 416 g/mol. The molecule has 0 unspecified atom stereocenters. The van der Waals surface area contributed by atoms with E-state index >= 15 is 0 Å². The molecule has 0 aliphatic rings. The molecule has 1 atom stereocenters. The van der Waals surface area contributed by atoms with Crippen LogP contribution in [0.3, 0.4) is 0 Å². The Morgan fingerprint density at radius 1 is 1.06 bits per heavy atom. The summed E-state index contributed by atoms with van der Waals surface area (Å²) in [5.41, 5.74) is 2.37. The van der Waals surface area contributed by atoms with Crippen LogP contribution in [0.4, 0.5) is 14.5 Å². The molecule has 0 spiro atoms. The smallest absolute Gasteiger partial charge is 0.269 e. The average molecular weight is 435 g/mol. The number of non-ortho nitro benzene ring substituents is 1. The number of nitro groups is 1. The summed E-state index contributed by atoms with van der Waals surface area (Å²) < 4.78 is 29.0. The van der Waals surface area contributed by atoms with Crippen LogP contribution in [0.15, 0.2) is 72.9 Å². The Balaban J connectivity index is 1.50. The minimum atomic E-state index is -0.623.